The number of nitrogens with zero attached hydrogens (tertiary/aromatic N) is 1. The Balaban J connectivity index is 1.70. The molecule has 2 amide bonds. The molecule has 1 fully saturated rings. The number of carbonyl (C=O) groups is 2. The fourth-order valence-corrected chi connectivity index (χ4v) is 4.43. The van der Waals surface area contributed by atoms with E-state index in [-0.39, 0.29) is 29.6 Å². The van der Waals surface area contributed by atoms with E-state index in [1.807, 2.05) is 18.2 Å². The van der Waals surface area contributed by atoms with Gasteiger partial charge in [-0.15, -0.1) is 11.8 Å². The second-order valence-corrected chi connectivity index (χ2v) is 7.48. The SMILES string of the molecule is CC(C(=O)NCc1ccc(F)cc1)N1C(=O)CSC1c1ccccc1Cl. The lowest BCUT2D eigenvalue weighted by Gasteiger charge is -2.30. The zero-order valence-corrected chi connectivity index (χ0v) is 15.7. The summed E-state index contributed by atoms with van der Waals surface area (Å²) in [5.41, 5.74) is 1.61. The normalized spacial score (nSPS) is 18.0. The van der Waals surface area contributed by atoms with Crippen molar-refractivity contribution in [3.63, 3.8) is 0 Å². The fraction of sp³-hybridized carbons (Fsp3) is 0.263. The van der Waals surface area contributed by atoms with Crippen LogP contribution in [0.5, 0.6) is 0 Å². The fourth-order valence-electron chi connectivity index (χ4n) is 2.84. The van der Waals surface area contributed by atoms with E-state index < -0.39 is 6.04 Å². The number of amides is 2. The molecule has 7 heteroatoms. The number of carbonyl (C=O) groups excluding carboxylic acids is 2. The molecule has 0 aromatic heterocycles. The monoisotopic (exact) mass is 392 g/mol. The van der Waals surface area contributed by atoms with Crippen LogP contribution in [0.4, 0.5) is 4.39 Å². The molecule has 1 aliphatic heterocycles. The molecule has 26 heavy (non-hydrogen) atoms. The number of benzene rings is 2. The lowest BCUT2D eigenvalue weighted by molar-refractivity contribution is -0.137. The molecule has 0 radical (unpaired) electrons. The van der Waals surface area contributed by atoms with Crippen molar-refractivity contribution in [3.8, 4) is 0 Å². The Morgan fingerprint density at radius 1 is 1.31 bits per heavy atom. The van der Waals surface area contributed by atoms with Gasteiger partial charge in [-0.05, 0) is 30.7 Å². The van der Waals surface area contributed by atoms with Gasteiger partial charge in [-0.1, -0.05) is 41.9 Å². The molecule has 0 saturated carbocycles. The van der Waals surface area contributed by atoms with E-state index in [2.05, 4.69) is 5.32 Å². The smallest absolute Gasteiger partial charge is 0.242 e. The Bertz CT molecular complexity index is 815. The van der Waals surface area contributed by atoms with Gasteiger partial charge in [0.2, 0.25) is 11.8 Å². The van der Waals surface area contributed by atoms with Crippen molar-refractivity contribution < 1.29 is 14.0 Å². The van der Waals surface area contributed by atoms with E-state index in [1.54, 1.807) is 30.0 Å². The Labute approximate surface area is 160 Å². The molecule has 1 saturated heterocycles. The maximum Gasteiger partial charge on any atom is 0.242 e. The van der Waals surface area contributed by atoms with Crippen LogP contribution < -0.4 is 5.32 Å². The zero-order valence-electron chi connectivity index (χ0n) is 14.1. The molecule has 0 aliphatic carbocycles. The third kappa shape index (κ3) is 4.02. The van der Waals surface area contributed by atoms with Crippen LogP contribution in [0.2, 0.25) is 5.02 Å². The van der Waals surface area contributed by atoms with Crippen LogP contribution >= 0.6 is 23.4 Å². The Morgan fingerprint density at radius 3 is 2.69 bits per heavy atom. The van der Waals surface area contributed by atoms with Crippen molar-refractivity contribution in [1.29, 1.82) is 0 Å². The first-order chi connectivity index (χ1) is 12.5. The average Bonchev–Trinajstić information content (AvgIpc) is 3.02. The number of hydrogen-bond donors (Lipinski definition) is 1. The standard InChI is InChI=1S/C19H18ClFN2O2S/c1-12(18(25)22-10-13-6-8-14(21)9-7-13)23-17(24)11-26-19(23)15-4-2-3-5-16(15)20/h2-9,12,19H,10-11H2,1H3,(H,22,25). The van der Waals surface area contributed by atoms with Crippen molar-refractivity contribution in [2.45, 2.75) is 24.9 Å². The van der Waals surface area contributed by atoms with Crippen molar-refractivity contribution in [3.05, 3.63) is 70.5 Å². The average molecular weight is 393 g/mol. The van der Waals surface area contributed by atoms with Gasteiger partial charge in [-0.2, -0.15) is 0 Å². The molecule has 1 N–H and O–H groups in total. The number of halogens is 2. The maximum absolute atomic E-state index is 13.0. The van der Waals surface area contributed by atoms with E-state index in [4.69, 9.17) is 11.6 Å². The van der Waals surface area contributed by atoms with E-state index in [1.165, 1.54) is 23.9 Å². The Kier molecular flexibility index (Phi) is 5.84. The molecule has 1 heterocycles. The van der Waals surface area contributed by atoms with Crippen LogP contribution in [-0.4, -0.2) is 28.5 Å². The first-order valence-electron chi connectivity index (χ1n) is 8.16. The van der Waals surface area contributed by atoms with E-state index in [9.17, 15) is 14.0 Å². The van der Waals surface area contributed by atoms with E-state index in [0.29, 0.717) is 10.8 Å². The summed E-state index contributed by atoms with van der Waals surface area (Å²) in [6.45, 7) is 1.98. The quantitative estimate of drug-likeness (QED) is 0.842. The number of nitrogens with one attached hydrogen (secondary N) is 1. The summed E-state index contributed by atoms with van der Waals surface area (Å²) in [5, 5.41) is 3.09. The van der Waals surface area contributed by atoms with Gasteiger partial charge in [-0.3, -0.25) is 9.59 Å². The first-order valence-corrected chi connectivity index (χ1v) is 9.59. The second kappa shape index (κ2) is 8.10. The molecule has 2 aromatic carbocycles. The molecular formula is C19H18ClFN2O2S. The minimum atomic E-state index is -0.640. The summed E-state index contributed by atoms with van der Waals surface area (Å²) in [7, 11) is 0. The minimum absolute atomic E-state index is 0.0932. The van der Waals surface area contributed by atoms with Crippen LogP contribution in [0, 0.1) is 5.82 Å². The highest BCUT2D eigenvalue weighted by Crippen LogP contribution is 2.42. The van der Waals surface area contributed by atoms with Crippen molar-refractivity contribution in [2.24, 2.45) is 0 Å². The highest BCUT2D eigenvalue weighted by atomic mass is 35.5. The minimum Gasteiger partial charge on any atom is -0.350 e. The van der Waals surface area contributed by atoms with Gasteiger partial charge in [-0.25, -0.2) is 4.39 Å². The summed E-state index contributed by atoms with van der Waals surface area (Å²) in [6.07, 6.45) is 0. The second-order valence-electron chi connectivity index (χ2n) is 6.01. The van der Waals surface area contributed by atoms with Gasteiger partial charge in [0.1, 0.15) is 17.2 Å². The molecule has 2 atom stereocenters. The summed E-state index contributed by atoms with van der Waals surface area (Å²) in [6, 6.07) is 12.6. The zero-order chi connectivity index (χ0) is 18.7. The largest absolute Gasteiger partial charge is 0.350 e. The van der Waals surface area contributed by atoms with Crippen LogP contribution in [-0.2, 0) is 16.1 Å². The molecule has 136 valence electrons. The van der Waals surface area contributed by atoms with E-state index in [0.717, 1.165) is 11.1 Å². The summed E-state index contributed by atoms with van der Waals surface area (Å²) < 4.78 is 13.0. The molecule has 0 spiro atoms. The maximum atomic E-state index is 13.0. The van der Waals surface area contributed by atoms with Crippen LogP contribution in [0.1, 0.15) is 23.4 Å². The molecule has 0 bridgehead atoms. The lowest BCUT2D eigenvalue weighted by atomic mass is 10.1. The lowest BCUT2D eigenvalue weighted by Crippen LogP contribution is -2.46. The molecular weight excluding hydrogens is 375 g/mol. The molecule has 3 rings (SSSR count). The van der Waals surface area contributed by atoms with Crippen molar-refractivity contribution in [1.82, 2.24) is 10.2 Å². The van der Waals surface area contributed by atoms with Gasteiger partial charge < -0.3 is 10.2 Å². The Morgan fingerprint density at radius 2 is 2.00 bits per heavy atom. The predicted molar refractivity (Wildman–Crippen MR) is 101 cm³/mol. The third-order valence-corrected chi connectivity index (χ3v) is 5.81. The van der Waals surface area contributed by atoms with Crippen LogP contribution in [0.3, 0.4) is 0 Å². The van der Waals surface area contributed by atoms with Gasteiger partial charge in [0.05, 0.1) is 5.75 Å². The van der Waals surface area contributed by atoms with Gasteiger partial charge >= 0.3 is 0 Å². The molecule has 2 aromatic rings. The number of rotatable bonds is 5. The van der Waals surface area contributed by atoms with Gasteiger partial charge in [0.25, 0.3) is 0 Å². The van der Waals surface area contributed by atoms with Crippen LogP contribution in [0.25, 0.3) is 0 Å². The third-order valence-electron chi connectivity index (χ3n) is 4.25. The molecule has 4 nitrogen and oxygen atoms in total. The summed E-state index contributed by atoms with van der Waals surface area (Å²) in [4.78, 5) is 26.5. The van der Waals surface area contributed by atoms with E-state index >= 15 is 0 Å². The number of hydrogen-bond acceptors (Lipinski definition) is 3. The Hall–Kier alpha value is -2.05. The molecule has 2 unspecified atom stereocenters. The summed E-state index contributed by atoms with van der Waals surface area (Å²) in [5.74, 6) is -0.367. The topological polar surface area (TPSA) is 49.4 Å². The van der Waals surface area contributed by atoms with Crippen LogP contribution in [0.15, 0.2) is 48.5 Å². The van der Waals surface area contributed by atoms with Gasteiger partial charge in [0, 0.05) is 17.1 Å². The first kappa shape index (κ1) is 18.7. The van der Waals surface area contributed by atoms with Crippen molar-refractivity contribution in [2.75, 3.05) is 5.75 Å². The predicted octanol–water partition coefficient (Wildman–Crippen LogP) is 3.76. The highest BCUT2D eigenvalue weighted by molar-refractivity contribution is 8.00. The molecule has 1 aliphatic rings. The van der Waals surface area contributed by atoms with Crippen molar-refractivity contribution >= 4 is 35.2 Å². The number of thioether (sulfide) groups is 1. The summed E-state index contributed by atoms with van der Waals surface area (Å²) >= 11 is 7.73. The highest BCUT2D eigenvalue weighted by Gasteiger charge is 2.39. The van der Waals surface area contributed by atoms with Gasteiger partial charge in [0.15, 0.2) is 0 Å².